The molecule has 1 heterocycles. The minimum absolute atomic E-state index is 0.119. The van der Waals surface area contributed by atoms with Gasteiger partial charge < -0.3 is 21.2 Å². The van der Waals surface area contributed by atoms with Gasteiger partial charge in [-0.2, -0.15) is 0 Å². The lowest BCUT2D eigenvalue weighted by Gasteiger charge is -2.21. The summed E-state index contributed by atoms with van der Waals surface area (Å²) in [5, 5.41) is 14.5. The summed E-state index contributed by atoms with van der Waals surface area (Å²) in [4.78, 5) is 13.9. The van der Waals surface area contributed by atoms with Gasteiger partial charge >= 0.3 is 0 Å². The first-order valence-electron chi connectivity index (χ1n) is 6.63. The van der Waals surface area contributed by atoms with Crippen molar-refractivity contribution in [1.29, 1.82) is 0 Å². The molecule has 1 atom stereocenters. The lowest BCUT2D eigenvalue weighted by atomic mass is 10.2. The standard InChI is InChI=1S/C12H24N4O2/c1-10(12(17)16-8-4-5-9-16)14-7-3-2-6-11(13)15-18/h10,14,18H,2-9H2,1H3,(H2,13,15). The van der Waals surface area contributed by atoms with Gasteiger partial charge in [-0.1, -0.05) is 5.16 Å². The van der Waals surface area contributed by atoms with Crippen molar-refractivity contribution >= 4 is 11.7 Å². The van der Waals surface area contributed by atoms with E-state index in [0.29, 0.717) is 6.42 Å². The highest BCUT2D eigenvalue weighted by molar-refractivity contribution is 5.81. The lowest BCUT2D eigenvalue weighted by molar-refractivity contribution is -0.131. The Balaban J connectivity index is 2.09. The summed E-state index contributed by atoms with van der Waals surface area (Å²) in [5.74, 6) is 0.458. The van der Waals surface area contributed by atoms with Crippen LogP contribution in [0, 0.1) is 0 Å². The van der Waals surface area contributed by atoms with Crippen molar-refractivity contribution in [3.05, 3.63) is 0 Å². The molecule has 1 unspecified atom stereocenters. The molecular formula is C12H24N4O2. The highest BCUT2D eigenvalue weighted by atomic mass is 16.4. The third-order valence-electron chi connectivity index (χ3n) is 3.23. The van der Waals surface area contributed by atoms with Gasteiger partial charge in [0.25, 0.3) is 0 Å². The number of carbonyl (C=O) groups excluding carboxylic acids is 1. The molecule has 104 valence electrons. The number of likely N-dealkylation sites (tertiary alicyclic amines) is 1. The molecule has 18 heavy (non-hydrogen) atoms. The van der Waals surface area contributed by atoms with Gasteiger partial charge in [-0.15, -0.1) is 0 Å². The summed E-state index contributed by atoms with van der Waals surface area (Å²) in [6.07, 6.45) is 4.60. The van der Waals surface area contributed by atoms with Crippen LogP contribution in [0.4, 0.5) is 0 Å². The second-order valence-electron chi connectivity index (χ2n) is 4.76. The van der Waals surface area contributed by atoms with Crippen molar-refractivity contribution in [1.82, 2.24) is 10.2 Å². The van der Waals surface area contributed by atoms with Crippen molar-refractivity contribution < 1.29 is 10.0 Å². The number of amidine groups is 1. The fraction of sp³-hybridized carbons (Fsp3) is 0.833. The van der Waals surface area contributed by atoms with E-state index in [9.17, 15) is 4.79 Å². The Hall–Kier alpha value is -1.30. The number of oxime groups is 1. The molecule has 0 aliphatic carbocycles. The molecular weight excluding hydrogens is 232 g/mol. The number of hydrogen-bond acceptors (Lipinski definition) is 4. The molecule has 6 heteroatoms. The first-order chi connectivity index (χ1) is 8.65. The fourth-order valence-corrected chi connectivity index (χ4v) is 2.10. The summed E-state index contributed by atoms with van der Waals surface area (Å²) in [5.41, 5.74) is 5.36. The Kier molecular flexibility index (Phi) is 6.49. The van der Waals surface area contributed by atoms with E-state index in [4.69, 9.17) is 10.9 Å². The van der Waals surface area contributed by atoms with Crippen LogP contribution in [0.5, 0.6) is 0 Å². The molecule has 1 saturated heterocycles. The van der Waals surface area contributed by atoms with E-state index in [0.717, 1.165) is 45.3 Å². The maximum atomic E-state index is 12.0. The summed E-state index contributed by atoms with van der Waals surface area (Å²) >= 11 is 0. The zero-order valence-electron chi connectivity index (χ0n) is 11.1. The highest BCUT2D eigenvalue weighted by Gasteiger charge is 2.22. The van der Waals surface area contributed by atoms with E-state index < -0.39 is 0 Å². The fourth-order valence-electron chi connectivity index (χ4n) is 2.10. The van der Waals surface area contributed by atoms with E-state index in [2.05, 4.69) is 10.5 Å². The first kappa shape index (κ1) is 14.8. The van der Waals surface area contributed by atoms with E-state index in [-0.39, 0.29) is 17.8 Å². The molecule has 0 aromatic carbocycles. The molecule has 4 N–H and O–H groups in total. The maximum absolute atomic E-state index is 12.0. The van der Waals surface area contributed by atoms with Gasteiger partial charge in [0.1, 0.15) is 5.84 Å². The van der Waals surface area contributed by atoms with Gasteiger partial charge in [0.15, 0.2) is 0 Å². The van der Waals surface area contributed by atoms with Crippen LogP contribution in [-0.4, -0.2) is 47.5 Å². The molecule has 1 amide bonds. The number of amides is 1. The predicted molar refractivity (Wildman–Crippen MR) is 70.5 cm³/mol. The third-order valence-corrected chi connectivity index (χ3v) is 3.23. The zero-order chi connectivity index (χ0) is 13.4. The van der Waals surface area contributed by atoms with Gasteiger partial charge in [0.05, 0.1) is 6.04 Å². The van der Waals surface area contributed by atoms with Gasteiger partial charge in [-0.05, 0) is 39.2 Å². The molecule has 1 fully saturated rings. The van der Waals surface area contributed by atoms with Crippen LogP contribution in [0.25, 0.3) is 0 Å². The van der Waals surface area contributed by atoms with Crippen LogP contribution in [0.2, 0.25) is 0 Å². The Labute approximate surface area is 108 Å². The summed E-state index contributed by atoms with van der Waals surface area (Å²) in [6, 6.07) is -0.119. The van der Waals surface area contributed by atoms with Gasteiger partial charge in [0, 0.05) is 19.5 Å². The lowest BCUT2D eigenvalue weighted by Crippen LogP contribution is -2.43. The zero-order valence-corrected chi connectivity index (χ0v) is 11.1. The number of nitrogens with zero attached hydrogens (tertiary/aromatic N) is 2. The average Bonchev–Trinajstić information content (AvgIpc) is 2.90. The van der Waals surface area contributed by atoms with Gasteiger partial charge in [-0.25, -0.2) is 0 Å². The Morgan fingerprint density at radius 3 is 2.72 bits per heavy atom. The SMILES string of the molecule is CC(NCCCCC(N)=NO)C(=O)N1CCCC1. The molecule has 1 aliphatic heterocycles. The number of unbranched alkanes of at least 4 members (excludes halogenated alkanes) is 1. The van der Waals surface area contributed by atoms with Gasteiger partial charge in [-0.3, -0.25) is 4.79 Å². The maximum Gasteiger partial charge on any atom is 0.239 e. The van der Waals surface area contributed by atoms with Crippen LogP contribution < -0.4 is 11.1 Å². The first-order valence-corrected chi connectivity index (χ1v) is 6.63. The molecule has 0 bridgehead atoms. The molecule has 0 aromatic rings. The number of hydrogen-bond donors (Lipinski definition) is 3. The van der Waals surface area contributed by atoms with Crippen molar-refractivity contribution in [2.24, 2.45) is 10.9 Å². The van der Waals surface area contributed by atoms with Crippen LogP contribution >= 0.6 is 0 Å². The quantitative estimate of drug-likeness (QED) is 0.203. The van der Waals surface area contributed by atoms with Crippen LogP contribution in [0.1, 0.15) is 39.0 Å². The number of carbonyl (C=O) groups is 1. The van der Waals surface area contributed by atoms with E-state index in [1.807, 2.05) is 11.8 Å². The molecule has 6 nitrogen and oxygen atoms in total. The van der Waals surface area contributed by atoms with Crippen LogP contribution in [0.3, 0.4) is 0 Å². The second-order valence-corrected chi connectivity index (χ2v) is 4.76. The molecule has 0 radical (unpaired) electrons. The minimum atomic E-state index is -0.119. The number of nitrogens with two attached hydrogens (primary N) is 1. The number of nitrogens with one attached hydrogen (secondary N) is 1. The Morgan fingerprint density at radius 2 is 2.11 bits per heavy atom. The summed E-state index contributed by atoms with van der Waals surface area (Å²) in [7, 11) is 0. The van der Waals surface area contributed by atoms with Crippen molar-refractivity contribution in [3.8, 4) is 0 Å². The van der Waals surface area contributed by atoms with Gasteiger partial charge in [0.2, 0.25) is 5.91 Å². The third kappa shape index (κ3) is 4.91. The van der Waals surface area contributed by atoms with Crippen molar-refractivity contribution in [2.75, 3.05) is 19.6 Å². The topological polar surface area (TPSA) is 91.0 Å². The normalized spacial score (nSPS) is 18.1. The van der Waals surface area contributed by atoms with E-state index >= 15 is 0 Å². The summed E-state index contributed by atoms with van der Waals surface area (Å²) in [6.45, 7) is 4.48. The largest absolute Gasteiger partial charge is 0.409 e. The molecule has 0 aromatic heterocycles. The number of rotatable bonds is 7. The van der Waals surface area contributed by atoms with Crippen LogP contribution in [-0.2, 0) is 4.79 Å². The molecule has 0 saturated carbocycles. The van der Waals surface area contributed by atoms with E-state index in [1.165, 1.54) is 0 Å². The Bertz CT molecular complexity index is 288. The van der Waals surface area contributed by atoms with Crippen molar-refractivity contribution in [2.45, 2.75) is 45.1 Å². The summed E-state index contributed by atoms with van der Waals surface area (Å²) < 4.78 is 0. The molecule has 0 spiro atoms. The molecule has 1 rings (SSSR count). The highest BCUT2D eigenvalue weighted by Crippen LogP contribution is 2.08. The van der Waals surface area contributed by atoms with Crippen molar-refractivity contribution in [3.63, 3.8) is 0 Å². The monoisotopic (exact) mass is 256 g/mol. The predicted octanol–water partition coefficient (Wildman–Crippen LogP) is 0.504. The Morgan fingerprint density at radius 1 is 1.44 bits per heavy atom. The van der Waals surface area contributed by atoms with Crippen LogP contribution in [0.15, 0.2) is 5.16 Å². The average molecular weight is 256 g/mol. The van der Waals surface area contributed by atoms with E-state index in [1.54, 1.807) is 0 Å². The molecule has 1 aliphatic rings. The minimum Gasteiger partial charge on any atom is -0.409 e. The second kappa shape index (κ2) is 7.92. The smallest absolute Gasteiger partial charge is 0.239 e.